The van der Waals surface area contributed by atoms with Crippen LogP contribution in [0.25, 0.3) is 5.65 Å². The fourth-order valence-corrected chi connectivity index (χ4v) is 2.43. The van der Waals surface area contributed by atoms with E-state index in [9.17, 15) is 0 Å². The molecular weight excluding hydrogens is 282 g/mol. The summed E-state index contributed by atoms with van der Waals surface area (Å²) in [7, 11) is 0. The lowest BCUT2D eigenvalue weighted by molar-refractivity contribution is 0.363. The van der Waals surface area contributed by atoms with Crippen LogP contribution in [0.15, 0.2) is 10.9 Å². The van der Waals surface area contributed by atoms with Gasteiger partial charge in [0.25, 0.3) is 0 Å². The first-order valence-corrected chi connectivity index (χ1v) is 7.40. The van der Waals surface area contributed by atoms with E-state index >= 15 is 0 Å². The Morgan fingerprint density at radius 3 is 2.95 bits per heavy atom. The van der Waals surface area contributed by atoms with Crippen molar-refractivity contribution in [3.63, 3.8) is 0 Å². The van der Waals surface area contributed by atoms with Crippen molar-refractivity contribution < 1.29 is 4.52 Å². The van der Waals surface area contributed by atoms with Gasteiger partial charge in [-0.1, -0.05) is 5.16 Å². The number of anilines is 1. The number of aromatic nitrogens is 6. The van der Waals surface area contributed by atoms with Crippen LogP contribution >= 0.6 is 0 Å². The fraction of sp³-hybridized carbons (Fsp3) is 0.500. The highest BCUT2D eigenvalue weighted by Gasteiger charge is 2.29. The Kier molecular flexibility index (Phi) is 2.85. The molecule has 3 heterocycles. The Morgan fingerprint density at radius 2 is 2.18 bits per heavy atom. The molecule has 0 aromatic carbocycles. The Balaban J connectivity index is 1.66. The van der Waals surface area contributed by atoms with E-state index in [0.29, 0.717) is 17.5 Å². The van der Waals surface area contributed by atoms with Crippen molar-refractivity contribution in [2.75, 3.05) is 5.32 Å². The zero-order valence-electron chi connectivity index (χ0n) is 12.7. The standard InChI is InChI=1S/C14H17N7O/c1-7-8(2)19-21-6-15-18-13(21)11(7)16-9(3)14-17-12(20-22-14)10-4-5-10/h6,9-10,16H,4-5H2,1-3H3. The largest absolute Gasteiger partial charge is 0.370 e. The van der Waals surface area contributed by atoms with Crippen LogP contribution < -0.4 is 5.32 Å². The van der Waals surface area contributed by atoms with Crippen molar-refractivity contribution in [2.24, 2.45) is 0 Å². The average Bonchev–Trinajstić information content (AvgIpc) is 3.05. The number of rotatable bonds is 4. The summed E-state index contributed by atoms with van der Waals surface area (Å²) < 4.78 is 7.05. The van der Waals surface area contributed by atoms with Gasteiger partial charge >= 0.3 is 0 Å². The van der Waals surface area contributed by atoms with E-state index in [2.05, 4.69) is 30.8 Å². The molecule has 0 amide bonds. The van der Waals surface area contributed by atoms with Crippen LogP contribution in [0.5, 0.6) is 0 Å². The minimum atomic E-state index is -0.110. The van der Waals surface area contributed by atoms with E-state index in [1.807, 2.05) is 20.8 Å². The van der Waals surface area contributed by atoms with Gasteiger partial charge < -0.3 is 9.84 Å². The summed E-state index contributed by atoms with van der Waals surface area (Å²) in [5.41, 5.74) is 3.54. The number of hydrogen-bond donors (Lipinski definition) is 1. The first-order valence-electron chi connectivity index (χ1n) is 7.40. The molecule has 0 saturated heterocycles. The molecule has 0 bridgehead atoms. The summed E-state index contributed by atoms with van der Waals surface area (Å²) in [6, 6.07) is -0.110. The average molecular weight is 299 g/mol. The lowest BCUT2D eigenvalue weighted by Gasteiger charge is -2.15. The molecule has 1 atom stereocenters. The maximum atomic E-state index is 5.38. The van der Waals surface area contributed by atoms with Gasteiger partial charge in [-0.05, 0) is 39.2 Å². The number of aryl methyl sites for hydroxylation is 1. The van der Waals surface area contributed by atoms with Gasteiger partial charge in [0.2, 0.25) is 11.5 Å². The lowest BCUT2D eigenvalue weighted by Crippen LogP contribution is -2.11. The first-order chi connectivity index (χ1) is 10.6. The van der Waals surface area contributed by atoms with Gasteiger partial charge in [-0.15, -0.1) is 10.2 Å². The summed E-state index contributed by atoms with van der Waals surface area (Å²) in [4.78, 5) is 4.49. The molecule has 8 heteroatoms. The molecule has 1 fully saturated rings. The van der Waals surface area contributed by atoms with Crippen molar-refractivity contribution in [1.82, 2.24) is 30.0 Å². The topological polar surface area (TPSA) is 94.0 Å². The Bertz CT molecular complexity index is 833. The van der Waals surface area contributed by atoms with Crippen molar-refractivity contribution in [1.29, 1.82) is 0 Å². The number of nitrogens with one attached hydrogen (secondary N) is 1. The maximum absolute atomic E-state index is 5.38. The van der Waals surface area contributed by atoms with E-state index in [-0.39, 0.29) is 6.04 Å². The smallest absolute Gasteiger partial charge is 0.248 e. The van der Waals surface area contributed by atoms with Crippen LogP contribution in [0.1, 0.15) is 54.7 Å². The van der Waals surface area contributed by atoms with Crippen molar-refractivity contribution in [2.45, 2.75) is 45.6 Å². The third-order valence-electron chi connectivity index (χ3n) is 4.06. The molecule has 1 aliphatic rings. The van der Waals surface area contributed by atoms with Gasteiger partial charge in [0.1, 0.15) is 12.4 Å². The van der Waals surface area contributed by atoms with E-state index in [1.54, 1.807) is 10.8 Å². The maximum Gasteiger partial charge on any atom is 0.248 e. The number of fused-ring (bicyclic) bond motifs is 1. The van der Waals surface area contributed by atoms with Gasteiger partial charge in [-0.3, -0.25) is 0 Å². The minimum Gasteiger partial charge on any atom is -0.370 e. The second-order valence-electron chi connectivity index (χ2n) is 5.82. The van der Waals surface area contributed by atoms with Crippen LogP contribution in [0, 0.1) is 13.8 Å². The van der Waals surface area contributed by atoms with Gasteiger partial charge in [-0.25, -0.2) is 0 Å². The van der Waals surface area contributed by atoms with Crippen LogP contribution in [0.2, 0.25) is 0 Å². The van der Waals surface area contributed by atoms with E-state index in [0.717, 1.165) is 35.6 Å². The van der Waals surface area contributed by atoms with E-state index in [4.69, 9.17) is 4.52 Å². The number of hydrogen-bond acceptors (Lipinski definition) is 7. The summed E-state index contributed by atoms with van der Waals surface area (Å²) in [6.45, 7) is 5.96. The Hall–Kier alpha value is -2.51. The molecule has 1 aliphatic carbocycles. The summed E-state index contributed by atoms with van der Waals surface area (Å²) in [6.07, 6.45) is 3.91. The van der Waals surface area contributed by atoms with Crippen LogP contribution in [-0.2, 0) is 0 Å². The molecule has 4 rings (SSSR count). The number of nitrogens with zero attached hydrogens (tertiary/aromatic N) is 6. The zero-order chi connectivity index (χ0) is 15.3. The molecule has 0 aliphatic heterocycles. The van der Waals surface area contributed by atoms with Crippen LogP contribution in [0.4, 0.5) is 5.69 Å². The monoisotopic (exact) mass is 299 g/mol. The minimum absolute atomic E-state index is 0.110. The summed E-state index contributed by atoms with van der Waals surface area (Å²) in [5, 5.41) is 19.9. The first kappa shape index (κ1) is 13.2. The molecule has 1 N–H and O–H groups in total. The summed E-state index contributed by atoms with van der Waals surface area (Å²) >= 11 is 0. The molecule has 114 valence electrons. The van der Waals surface area contributed by atoms with Crippen molar-refractivity contribution in [3.8, 4) is 0 Å². The highest BCUT2D eigenvalue weighted by Crippen LogP contribution is 2.38. The Morgan fingerprint density at radius 1 is 1.36 bits per heavy atom. The van der Waals surface area contributed by atoms with Crippen LogP contribution in [0.3, 0.4) is 0 Å². The highest BCUT2D eigenvalue weighted by molar-refractivity contribution is 5.71. The molecule has 0 radical (unpaired) electrons. The van der Waals surface area contributed by atoms with Gasteiger partial charge in [-0.2, -0.15) is 14.6 Å². The molecule has 1 saturated carbocycles. The fourth-order valence-electron chi connectivity index (χ4n) is 2.43. The molecular formula is C14H17N7O. The Labute approximate surface area is 126 Å². The highest BCUT2D eigenvalue weighted by atomic mass is 16.5. The molecule has 8 nitrogen and oxygen atoms in total. The molecule has 1 unspecified atom stereocenters. The van der Waals surface area contributed by atoms with Crippen molar-refractivity contribution >= 4 is 11.3 Å². The zero-order valence-corrected chi connectivity index (χ0v) is 12.7. The van der Waals surface area contributed by atoms with Crippen LogP contribution in [-0.4, -0.2) is 30.0 Å². The lowest BCUT2D eigenvalue weighted by atomic mass is 10.2. The third-order valence-corrected chi connectivity index (χ3v) is 4.06. The molecule has 0 spiro atoms. The van der Waals surface area contributed by atoms with Gasteiger partial charge in [0.05, 0.1) is 11.4 Å². The molecule has 3 aromatic heterocycles. The predicted molar refractivity (Wildman–Crippen MR) is 78.6 cm³/mol. The molecule has 22 heavy (non-hydrogen) atoms. The second-order valence-corrected chi connectivity index (χ2v) is 5.82. The summed E-state index contributed by atoms with van der Waals surface area (Å²) in [5.74, 6) is 1.89. The quantitative estimate of drug-likeness (QED) is 0.789. The van der Waals surface area contributed by atoms with E-state index in [1.165, 1.54) is 0 Å². The van der Waals surface area contributed by atoms with Gasteiger partial charge in [0.15, 0.2) is 5.82 Å². The SMILES string of the molecule is Cc1nn2cnnc2c(NC(C)c2nc(C3CC3)no2)c1C. The van der Waals surface area contributed by atoms with E-state index < -0.39 is 0 Å². The second kappa shape index (κ2) is 4.75. The van der Waals surface area contributed by atoms with Crippen molar-refractivity contribution in [3.05, 3.63) is 29.3 Å². The normalized spacial score (nSPS) is 16.1. The third kappa shape index (κ3) is 2.11. The van der Waals surface area contributed by atoms with Gasteiger partial charge in [0, 0.05) is 5.92 Å². The molecule has 3 aromatic rings. The predicted octanol–water partition coefficient (Wildman–Crippen LogP) is 2.17.